The predicted molar refractivity (Wildman–Crippen MR) is 55.1 cm³/mol. The number of rotatable bonds is 0. The van der Waals surface area contributed by atoms with E-state index >= 15 is 0 Å². The van der Waals surface area contributed by atoms with Crippen LogP contribution in [0.4, 0.5) is 0 Å². The van der Waals surface area contributed by atoms with E-state index in [-0.39, 0.29) is 5.41 Å². The second kappa shape index (κ2) is 3.06. The van der Waals surface area contributed by atoms with Crippen LogP contribution in [0.25, 0.3) is 0 Å². The van der Waals surface area contributed by atoms with Gasteiger partial charge in [-0.1, -0.05) is 20.8 Å². The van der Waals surface area contributed by atoms with Gasteiger partial charge in [-0.15, -0.1) is 0 Å². The van der Waals surface area contributed by atoms with Crippen LogP contribution in [0.5, 0.6) is 0 Å². The van der Waals surface area contributed by atoms with E-state index in [2.05, 4.69) is 20.8 Å². The lowest BCUT2D eigenvalue weighted by atomic mass is 9.68. The number of carbonyl (C=O) groups excluding carboxylic acids is 1. The molecule has 0 aromatic carbocycles. The molecule has 2 rings (SSSR count). The molecule has 14 heavy (non-hydrogen) atoms. The maximum atomic E-state index is 12.4. The molecule has 1 saturated heterocycles. The average molecular weight is 196 g/mol. The summed E-state index contributed by atoms with van der Waals surface area (Å²) in [6, 6.07) is 0. The standard InChI is InChI=1S/C12H20O2/c1-9-8-14-12(6-4-5-7-12)10(13)11(9,2)3/h9H,4-8H2,1-3H3. The molecule has 1 atom stereocenters. The summed E-state index contributed by atoms with van der Waals surface area (Å²) in [5.74, 6) is 0.697. The molecule has 0 bridgehead atoms. The average Bonchev–Trinajstić information content (AvgIpc) is 2.60. The Morgan fingerprint density at radius 1 is 1.29 bits per heavy atom. The van der Waals surface area contributed by atoms with Gasteiger partial charge in [-0.2, -0.15) is 0 Å². The highest BCUT2D eigenvalue weighted by Gasteiger charge is 2.53. The van der Waals surface area contributed by atoms with E-state index in [1.54, 1.807) is 0 Å². The molecule has 1 spiro atoms. The van der Waals surface area contributed by atoms with Gasteiger partial charge in [-0.05, 0) is 31.6 Å². The van der Waals surface area contributed by atoms with E-state index in [0.29, 0.717) is 11.7 Å². The number of carbonyl (C=O) groups is 1. The molecular formula is C12H20O2. The van der Waals surface area contributed by atoms with Gasteiger partial charge in [0.05, 0.1) is 6.61 Å². The molecule has 1 aliphatic heterocycles. The van der Waals surface area contributed by atoms with Crippen LogP contribution in [0, 0.1) is 11.3 Å². The van der Waals surface area contributed by atoms with E-state index in [9.17, 15) is 4.79 Å². The molecule has 0 aromatic rings. The van der Waals surface area contributed by atoms with Crippen molar-refractivity contribution < 1.29 is 9.53 Å². The van der Waals surface area contributed by atoms with Gasteiger partial charge < -0.3 is 4.74 Å². The zero-order valence-corrected chi connectivity index (χ0v) is 9.43. The largest absolute Gasteiger partial charge is 0.367 e. The fourth-order valence-electron chi connectivity index (χ4n) is 2.69. The van der Waals surface area contributed by atoms with Crippen molar-refractivity contribution in [3.05, 3.63) is 0 Å². The van der Waals surface area contributed by atoms with Crippen molar-refractivity contribution in [1.82, 2.24) is 0 Å². The molecule has 2 nitrogen and oxygen atoms in total. The van der Waals surface area contributed by atoms with Crippen LogP contribution in [0.3, 0.4) is 0 Å². The Hall–Kier alpha value is -0.370. The summed E-state index contributed by atoms with van der Waals surface area (Å²) >= 11 is 0. The van der Waals surface area contributed by atoms with Gasteiger partial charge in [-0.25, -0.2) is 0 Å². The second-order valence-electron chi connectivity index (χ2n) is 5.46. The van der Waals surface area contributed by atoms with Crippen LogP contribution in [-0.2, 0) is 9.53 Å². The van der Waals surface area contributed by atoms with Gasteiger partial charge >= 0.3 is 0 Å². The summed E-state index contributed by atoms with van der Waals surface area (Å²) in [4.78, 5) is 12.4. The smallest absolute Gasteiger partial charge is 0.170 e. The quantitative estimate of drug-likeness (QED) is 0.595. The van der Waals surface area contributed by atoms with Gasteiger partial charge in [0.25, 0.3) is 0 Å². The van der Waals surface area contributed by atoms with Crippen molar-refractivity contribution >= 4 is 5.78 Å². The van der Waals surface area contributed by atoms with Crippen molar-refractivity contribution in [3.63, 3.8) is 0 Å². The third-order valence-electron chi connectivity index (χ3n) is 4.25. The van der Waals surface area contributed by atoms with E-state index in [0.717, 1.165) is 32.3 Å². The first-order chi connectivity index (χ1) is 6.49. The van der Waals surface area contributed by atoms with E-state index < -0.39 is 5.60 Å². The molecular weight excluding hydrogens is 176 g/mol. The third-order valence-corrected chi connectivity index (χ3v) is 4.25. The van der Waals surface area contributed by atoms with Crippen LogP contribution in [-0.4, -0.2) is 18.0 Å². The summed E-state index contributed by atoms with van der Waals surface area (Å²) in [6.45, 7) is 7.00. The topological polar surface area (TPSA) is 26.3 Å². The molecule has 2 aliphatic rings. The van der Waals surface area contributed by atoms with Crippen molar-refractivity contribution in [2.45, 2.75) is 52.1 Å². The second-order valence-corrected chi connectivity index (χ2v) is 5.46. The number of hydrogen-bond acceptors (Lipinski definition) is 2. The van der Waals surface area contributed by atoms with Crippen molar-refractivity contribution in [2.75, 3.05) is 6.61 Å². The molecule has 80 valence electrons. The lowest BCUT2D eigenvalue weighted by molar-refractivity contribution is -0.174. The Kier molecular flexibility index (Phi) is 2.22. The SMILES string of the molecule is CC1COC2(CCCC2)C(=O)C1(C)C. The van der Waals surface area contributed by atoms with Crippen LogP contribution < -0.4 is 0 Å². The van der Waals surface area contributed by atoms with E-state index in [1.165, 1.54) is 0 Å². The predicted octanol–water partition coefficient (Wildman–Crippen LogP) is 2.56. The lowest BCUT2D eigenvalue weighted by Crippen LogP contribution is -2.55. The minimum absolute atomic E-state index is 0.192. The van der Waals surface area contributed by atoms with E-state index in [1.807, 2.05) is 0 Å². The maximum Gasteiger partial charge on any atom is 0.170 e. The van der Waals surface area contributed by atoms with Crippen molar-refractivity contribution in [3.8, 4) is 0 Å². The molecule has 1 aliphatic carbocycles. The fourth-order valence-corrected chi connectivity index (χ4v) is 2.69. The van der Waals surface area contributed by atoms with E-state index in [4.69, 9.17) is 4.74 Å². The summed E-state index contributed by atoms with van der Waals surface area (Å²) in [5, 5.41) is 0. The Balaban J connectivity index is 2.27. The molecule has 2 heteroatoms. The maximum absolute atomic E-state index is 12.4. The highest BCUT2D eigenvalue weighted by molar-refractivity contribution is 5.93. The Bertz CT molecular complexity index is 249. The third kappa shape index (κ3) is 1.23. The first-order valence-electron chi connectivity index (χ1n) is 5.68. The summed E-state index contributed by atoms with van der Waals surface area (Å²) in [5.41, 5.74) is -0.585. The number of ketones is 1. The highest BCUT2D eigenvalue weighted by Crippen LogP contribution is 2.46. The Labute approximate surface area is 86.0 Å². The zero-order chi connectivity index (χ0) is 10.4. The lowest BCUT2D eigenvalue weighted by Gasteiger charge is -2.45. The molecule has 1 saturated carbocycles. The van der Waals surface area contributed by atoms with Crippen LogP contribution in [0.1, 0.15) is 46.5 Å². The molecule has 1 unspecified atom stereocenters. The van der Waals surface area contributed by atoms with Crippen LogP contribution in [0.15, 0.2) is 0 Å². The fraction of sp³-hybridized carbons (Fsp3) is 0.917. The summed E-state index contributed by atoms with van der Waals surface area (Å²) in [7, 11) is 0. The van der Waals surface area contributed by atoms with Gasteiger partial charge in [0.2, 0.25) is 0 Å². The molecule has 0 N–H and O–H groups in total. The molecule has 0 amide bonds. The Morgan fingerprint density at radius 2 is 1.86 bits per heavy atom. The number of Topliss-reactive ketones (excluding diaryl/α,β-unsaturated/α-hetero) is 1. The first kappa shape index (κ1) is 10.2. The van der Waals surface area contributed by atoms with Crippen LogP contribution >= 0.6 is 0 Å². The van der Waals surface area contributed by atoms with Crippen molar-refractivity contribution in [1.29, 1.82) is 0 Å². The zero-order valence-electron chi connectivity index (χ0n) is 9.43. The van der Waals surface area contributed by atoms with Gasteiger partial charge in [0.15, 0.2) is 5.78 Å². The summed E-state index contributed by atoms with van der Waals surface area (Å²) < 4.78 is 5.84. The normalized spacial score (nSPS) is 35.1. The van der Waals surface area contributed by atoms with Gasteiger partial charge in [0, 0.05) is 5.41 Å². The number of ether oxygens (including phenoxy) is 1. The number of hydrogen-bond donors (Lipinski definition) is 0. The van der Waals surface area contributed by atoms with Crippen LogP contribution in [0.2, 0.25) is 0 Å². The molecule has 2 fully saturated rings. The molecule has 0 aromatic heterocycles. The highest BCUT2D eigenvalue weighted by atomic mass is 16.5. The first-order valence-corrected chi connectivity index (χ1v) is 5.68. The Morgan fingerprint density at radius 3 is 2.43 bits per heavy atom. The monoisotopic (exact) mass is 196 g/mol. The van der Waals surface area contributed by atoms with Crippen molar-refractivity contribution in [2.24, 2.45) is 11.3 Å². The minimum atomic E-state index is -0.393. The molecule has 0 radical (unpaired) electrons. The molecule has 1 heterocycles. The summed E-state index contributed by atoms with van der Waals surface area (Å²) in [6.07, 6.45) is 4.19. The minimum Gasteiger partial charge on any atom is -0.367 e. The van der Waals surface area contributed by atoms with Gasteiger partial charge in [-0.3, -0.25) is 4.79 Å². The van der Waals surface area contributed by atoms with Gasteiger partial charge in [0.1, 0.15) is 5.60 Å².